The fourth-order valence-corrected chi connectivity index (χ4v) is 2.01. The second-order valence-electron chi connectivity index (χ2n) is 4.29. The van der Waals surface area contributed by atoms with Crippen LogP contribution in [0.1, 0.15) is 13.8 Å². The zero-order valence-corrected chi connectivity index (χ0v) is 9.84. The minimum atomic E-state index is 0.153. The molecule has 0 N–H and O–H groups in total. The maximum Gasteiger partial charge on any atom is 0.141 e. The third-order valence-electron chi connectivity index (χ3n) is 2.66. The summed E-state index contributed by atoms with van der Waals surface area (Å²) in [6.07, 6.45) is 4.86. The highest BCUT2D eigenvalue weighted by Gasteiger charge is 2.08. The SMILES string of the molecule is CC(C)Oc1cc2n[c]cn2c2ccccc12. The van der Waals surface area contributed by atoms with E-state index in [1.807, 2.05) is 42.6 Å². The summed E-state index contributed by atoms with van der Waals surface area (Å²) in [4.78, 5) is 4.19. The Morgan fingerprint density at radius 3 is 2.94 bits per heavy atom. The fraction of sp³-hybridized carbons (Fsp3) is 0.214. The van der Waals surface area contributed by atoms with Gasteiger partial charge in [-0.2, -0.15) is 0 Å². The molecule has 0 fully saturated rings. The molecule has 0 atom stereocenters. The van der Waals surface area contributed by atoms with Gasteiger partial charge in [0.1, 0.15) is 17.6 Å². The van der Waals surface area contributed by atoms with Crippen molar-refractivity contribution in [3.05, 3.63) is 42.7 Å². The van der Waals surface area contributed by atoms with Gasteiger partial charge in [-0.25, -0.2) is 4.98 Å². The van der Waals surface area contributed by atoms with Gasteiger partial charge in [0.25, 0.3) is 0 Å². The number of hydrogen-bond donors (Lipinski definition) is 0. The summed E-state index contributed by atoms with van der Waals surface area (Å²) in [6, 6.07) is 10.1. The van der Waals surface area contributed by atoms with Crippen LogP contribution in [0.15, 0.2) is 36.5 Å². The molecular formula is C14H13N2O. The van der Waals surface area contributed by atoms with E-state index in [4.69, 9.17) is 4.74 Å². The van der Waals surface area contributed by atoms with E-state index in [1.165, 1.54) is 0 Å². The molecule has 0 aliphatic carbocycles. The van der Waals surface area contributed by atoms with Gasteiger partial charge in [-0.3, -0.25) is 4.40 Å². The summed E-state index contributed by atoms with van der Waals surface area (Å²) in [6.45, 7) is 4.05. The molecule has 0 amide bonds. The van der Waals surface area contributed by atoms with Crippen molar-refractivity contribution in [2.75, 3.05) is 0 Å². The van der Waals surface area contributed by atoms with Gasteiger partial charge < -0.3 is 4.74 Å². The Labute approximate surface area is 99.7 Å². The van der Waals surface area contributed by atoms with E-state index in [0.717, 1.165) is 22.3 Å². The summed E-state index contributed by atoms with van der Waals surface area (Å²) in [7, 11) is 0. The Morgan fingerprint density at radius 2 is 2.12 bits per heavy atom. The van der Waals surface area contributed by atoms with Crippen molar-refractivity contribution >= 4 is 16.6 Å². The smallest absolute Gasteiger partial charge is 0.141 e. The Hall–Kier alpha value is -2.03. The van der Waals surface area contributed by atoms with Crippen molar-refractivity contribution in [2.24, 2.45) is 0 Å². The van der Waals surface area contributed by atoms with Crippen LogP contribution in [0.5, 0.6) is 5.75 Å². The molecule has 3 nitrogen and oxygen atoms in total. The Bertz CT molecular complexity index is 670. The van der Waals surface area contributed by atoms with Gasteiger partial charge in [-0.05, 0) is 26.0 Å². The lowest BCUT2D eigenvalue weighted by Gasteiger charge is -2.13. The number of ether oxygens (including phenoxy) is 1. The van der Waals surface area contributed by atoms with Crippen LogP contribution < -0.4 is 4.74 Å². The van der Waals surface area contributed by atoms with E-state index in [9.17, 15) is 0 Å². The zero-order chi connectivity index (χ0) is 11.8. The largest absolute Gasteiger partial charge is 0.490 e. The summed E-state index contributed by atoms with van der Waals surface area (Å²) in [5.41, 5.74) is 1.95. The number of benzene rings is 1. The molecule has 1 aromatic carbocycles. The number of aromatic nitrogens is 2. The van der Waals surface area contributed by atoms with Crippen molar-refractivity contribution < 1.29 is 4.74 Å². The van der Waals surface area contributed by atoms with E-state index >= 15 is 0 Å². The van der Waals surface area contributed by atoms with Crippen LogP contribution in [-0.2, 0) is 0 Å². The van der Waals surface area contributed by atoms with Crippen molar-refractivity contribution in [1.29, 1.82) is 0 Å². The molecule has 17 heavy (non-hydrogen) atoms. The molecule has 0 spiro atoms. The van der Waals surface area contributed by atoms with Gasteiger partial charge in [0.05, 0.1) is 11.6 Å². The second kappa shape index (κ2) is 3.77. The zero-order valence-electron chi connectivity index (χ0n) is 9.84. The van der Waals surface area contributed by atoms with E-state index in [1.54, 1.807) is 0 Å². The molecule has 0 bridgehead atoms. The average Bonchev–Trinajstić information content (AvgIpc) is 2.77. The molecule has 3 rings (SSSR count). The third kappa shape index (κ3) is 1.64. The molecule has 85 valence electrons. The van der Waals surface area contributed by atoms with Gasteiger partial charge >= 0.3 is 0 Å². The summed E-state index contributed by atoms with van der Waals surface area (Å²) < 4.78 is 7.85. The van der Waals surface area contributed by atoms with Gasteiger partial charge in [0, 0.05) is 17.6 Å². The third-order valence-corrected chi connectivity index (χ3v) is 2.66. The van der Waals surface area contributed by atoms with Crippen molar-refractivity contribution in [3.8, 4) is 5.75 Å². The number of hydrogen-bond acceptors (Lipinski definition) is 2. The van der Waals surface area contributed by atoms with E-state index in [-0.39, 0.29) is 6.10 Å². The van der Waals surface area contributed by atoms with E-state index < -0.39 is 0 Å². The van der Waals surface area contributed by atoms with Crippen LogP contribution in [0.2, 0.25) is 0 Å². The first-order chi connectivity index (χ1) is 8.25. The molecule has 3 aromatic rings. The number of pyridine rings is 1. The number of rotatable bonds is 2. The molecule has 3 heteroatoms. The van der Waals surface area contributed by atoms with Crippen molar-refractivity contribution in [2.45, 2.75) is 20.0 Å². The molecule has 0 saturated heterocycles. The van der Waals surface area contributed by atoms with Gasteiger partial charge in [0.2, 0.25) is 0 Å². The normalized spacial score (nSPS) is 11.5. The topological polar surface area (TPSA) is 26.5 Å². The van der Waals surface area contributed by atoms with Crippen LogP contribution in [-0.4, -0.2) is 15.5 Å². The summed E-state index contributed by atoms with van der Waals surface area (Å²) in [5.74, 6) is 0.878. The van der Waals surface area contributed by atoms with E-state index in [2.05, 4.69) is 23.3 Å². The Kier molecular flexibility index (Phi) is 2.25. The number of para-hydroxylation sites is 1. The van der Waals surface area contributed by atoms with E-state index in [0.29, 0.717) is 0 Å². The van der Waals surface area contributed by atoms with Crippen molar-refractivity contribution in [3.63, 3.8) is 0 Å². The van der Waals surface area contributed by atoms with Crippen molar-refractivity contribution in [1.82, 2.24) is 9.38 Å². The molecule has 0 aliphatic rings. The first-order valence-electron chi connectivity index (χ1n) is 5.69. The summed E-state index contributed by atoms with van der Waals surface area (Å²) in [5, 5.41) is 1.10. The maximum absolute atomic E-state index is 5.84. The standard InChI is InChI=1S/C14H13N2O/c1-10(2)17-13-9-14-15-7-8-16(14)12-6-4-3-5-11(12)13/h3-6,8-10H,1-2H3. The number of nitrogens with zero attached hydrogens (tertiary/aromatic N) is 2. The lowest BCUT2D eigenvalue weighted by atomic mass is 10.2. The molecular weight excluding hydrogens is 212 g/mol. The predicted octanol–water partition coefficient (Wildman–Crippen LogP) is 3.07. The summed E-state index contributed by atoms with van der Waals surface area (Å²) >= 11 is 0. The van der Waals surface area contributed by atoms with Gasteiger partial charge in [-0.15, -0.1) is 0 Å². The highest BCUT2D eigenvalue weighted by molar-refractivity contribution is 5.88. The maximum atomic E-state index is 5.84. The van der Waals surface area contributed by atoms with Crippen LogP contribution in [0.4, 0.5) is 0 Å². The minimum absolute atomic E-state index is 0.153. The number of imidazole rings is 1. The molecule has 1 radical (unpaired) electrons. The fourth-order valence-electron chi connectivity index (χ4n) is 2.01. The molecule has 2 aromatic heterocycles. The minimum Gasteiger partial charge on any atom is -0.490 e. The second-order valence-corrected chi connectivity index (χ2v) is 4.29. The Balaban J connectivity index is 2.37. The lowest BCUT2D eigenvalue weighted by molar-refractivity contribution is 0.245. The van der Waals surface area contributed by atoms with Crippen LogP contribution in [0.3, 0.4) is 0 Å². The molecule has 0 saturated carbocycles. The van der Waals surface area contributed by atoms with Crippen LogP contribution >= 0.6 is 0 Å². The van der Waals surface area contributed by atoms with Crippen LogP contribution in [0.25, 0.3) is 16.6 Å². The number of fused-ring (bicyclic) bond motifs is 3. The molecule has 0 aliphatic heterocycles. The van der Waals surface area contributed by atoms with Crippen LogP contribution in [0, 0.1) is 6.20 Å². The quantitative estimate of drug-likeness (QED) is 0.670. The molecule has 2 heterocycles. The predicted molar refractivity (Wildman–Crippen MR) is 67.3 cm³/mol. The average molecular weight is 225 g/mol. The van der Waals surface area contributed by atoms with Gasteiger partial charge in [0.15, 0.2) is 0 Å². The Morgan fingerprint density at radius 1 is 1.29 bits per heavy atom. The lowest BCUT2D eigenvalue weighted by Crippen LogP contribution is -2.06. The first-order valence-corrected chi connectivity index (χ1v) is 5.69. The highest BCUT2D eigenvalue weighted by Crippen LogP contribution is 2.28. The first kappa shape index (κ1) is 10.1. The molecule has 0 unspecified atom stereocenters. The monoisotopic (exact) mass is 225 g/mol. The highest BCUT2D eigenvalue weighted by atomic mass is 16.5. The van der Waals surface area contributed by atoms with Gasteiger partial charge in [-0.1, -0.05) is 12.1 Å².